The third kappa shape index (κ3) is 1.84. The van der Waals surface area contributed by atoms with E-state index in [0.29, 0.717) is 0 Å². The zero-order chi connectivity index (χ0) is 10.2. The van der Waals surface area contributed by atoms with E-state index in [2.05, 4.69) is 5.32 Å². The lowest BCUT2D eigenvalue weighted by Gasteiger charge is -2.22. The monoisotopic (exact) mass is 187 g/mol. The van der Waals surface area contributed by atoms with Gasteiger partial charge in [0, 0.05) is 12.0 Å². The molecule has 76 valence electrons. The van der Waals surface area contributed by atoms with Crippen LogP contribution in [0.3, 0.4) is 0 Å². The standard InChI is InChI=1S/C9H17NO3/c1-4-7(6(3)11)5(2)10-8(4)9(12)13/h4-8,10-11H,1-3H3,(H,12,13)/t4-,5-,6+,7+,8-/m0/s1. The Labute approximate surface area is 78.0 Å². The largest absolute Gasteiger partial charge is 0.480 e. The summed E-state index contributed by atoms with van der Waals surface area (Å²) in [6, 6.07) is -0.453. The zero-order valence-electron chi connectivity index (χ0n) is 8.19. The second-order valence-corrected chi connectivity index (χ2v) is 3.95. The lowest BCUT2D eigenvalue weighted by Crippen LogP contribution is -2.36. The molecule has 0 aromatic carbocycles. The number of aliphatic hydroxyl groups is 1. The van der Waals surface area contributed by atoms with Crippen LogP contribution >= 0.6 is 0 Å². The summed E-state index contributed by atoms with van der Waals surface area (Å²) in [6.45, 7) is 5.49. The van der Waals surface area contributed by atoms with Gasteiger partial charge in [-0.05, 0) is 19.8 Å². The molecule has 3 N–H and O–H groups in total. The highest BCUT2D eigenvalue weighted by Gasteiger charge is 2.43. The molecule has 0 spiro atoms. The molecule has 0 unspecified atom stereocenters. The smallest absolute Gasteiger partial charge is 0.320 e. The fraction of sp³-hybridized carbons (Fsp3) is 0.889. The van der Waals surface area contributed by atoms with E-state index in [1.54, 1.807) is 6.92 Å². The van der Waals surface area contributed by atoms with Gasteiger partial charge in [0.05, 0.1) is 6.10 Å². The van der Waals surface area contributed by atoms with Crippen LogP contribution in [0, 0.1) is 11.8 Å². The molecule has 0 bridgehead atoms. The van der Waals surface area contributed by atoms with Gasteiger partial charge in [0.1, 0.15) is 6.04 Å². The van der Waals surface area contributed by atoms with Crippen LogP contribution in [0.15, 0.2) is 0 Å². The molecule has 1 saturated heterocycles. The number of nitrogens with one attached hydrogen (secondary N) is 1. The summed E-state index contributed by atoms with van der Waals surface area (Å²) >= 11 is 0. The Kier molecular flexibility index (Phi) is 2.93. The number of hydrogen-bond acceptors (Lipinski definition) is 3. The van der Waals surface area contributed by atoms with Crippen molar-refractivity contribution >= 4 is 5.97 Å². The molecule has 0 aromatic rings. The molecule has 0 saturated carbocycles. The second-order valence-electron chi connectivity index (χ2n) is 3.95. The minimum Gasteiger partial charge on any atom is -0.480 e. The first-order valence-corrected chi connectivity index (χ1v) is 4.62. The summed E-state index contributed by atoms with van der Waals surface area (Å²) < 4.78 is 0. The molecular formula is C9H17NO3. The number of carbonyl (C=O) groups is 1. The Hall–Kier alpha value is -0.610. The van der Waals surface area contributed by atoms with Crippen LogP contribution in [0.4, 0.5) is 0 Å². The summed E-state index contributed by atoms with van der Waals surface area (Å²) in [7, 11) is 0. The molecule has 1 aliphatic heterocycles. The number of hydrogen-bond donors (Lipinski definition) is 3. The lowest BCUT2D eigenvalue weighted by molar-refractivity contribution is -0.140. The Morgan fingerprint density at radius 3 is 2.23 bits per heavy atom. The zero-order valence-corrected chi connectivity index (χ0v) is 8.19. The van der Waals surface area contributed by atoms with E-state index in [-0.39, 0.29) is 17.9 Å². The number of carboxylic acids is 1. The summed E-state index contributed by atoms with van der Waals surface area (Å²) in [5, 5.41) is 21.3. The van der Waals surface area contributed by atoms with Crippen molar-refractivity contribution in [3.63, 3.8) is 0 Å². The van der Waals surface area contributed by atoms with Crippen molar-refractivity contribution in [1.29, 1.82) is 0 Å². The molecular weight excluding hydrogens is 170 g/mol. The predicted molar refractivity (Wildman–Crippen MR) is 48.4 cm³/mol. The van der Waals surface area contributed by atoms with Gasteiger partial charge in [0.2, 0.25) is 0 Å². The van der Waals surface area contributed by atoms with Crippen molar-refractivity contribution in [2.45, 2.75) is 39.0 Å². The highest BCUT2D eigenvalue weighted by molar-refractivity contribution is 5.74. The van der Waals surface area contributed by atoms with E-state index >= 15 is 0 Å². The van der Waals surface area contributed by atoms with Gasteiger partial charge in [-0.25, -0.2) is 0 Å². The number of aliphatic carboxylic acids is 1. The normalized spacial score (nSPS) is 41.8. The molecule has 1 rings (SSSR count). The number of carboxylic acid groups (broad SMARTS) is 1. The van der Waals surface area contributed by atoms with E-state index in [0.717, 1.165) is 0 Å². The van der Waals surface area contributed by atoms with E-state index in [1.165, 1.54) is 0 Å². The summed E-state index contributed by atoms with van der Waals surface area (Å²) in [5.41, 5.74) is 0. The van der Waals surface area contributed by atoms with Gasteiger partial charge < -0.3 is 15.5 Å². The third-order valence-corrected chi connectivity index (χ3v) is 2.98. The van der Waals surface area contributed by atoms with Gasteiger partial charge in [-0.1, -0.05) is 6.92 Å². The topological polar surface area (TPSA) is 69.6 Å². The maximum Gasteiger partial charge on any atom is 0.320 e. The maximum absolute atomic E-state index is 10.8. The van der Waals surface area contributed by atoms with E-state index in [1.807, 2.05) is 13.8 Å². The van der Waals surface area contributed by atoms with Crippen LogP contribution in [0.25, 0.3) is 0 Å². The van der Waals surface area contributed by atoms with Gasteiger partial charge >= 0.3 is 5.97 Å². The first kappa shape index (κ1) is 10.5. The average Bonchev–Trinajstić information content (AvgIpc) is 2.26. The van der Waals surface area contributed by atoms with Gasteiger partial charge in [-0.3, -0.25) is 4.79 Å². The summed E-state index contributed by atoms with van der Waals surface area (Å²) in [4.78, 5) is 10.8. The lowest BCUT2D eigenvalue weighted by atomic mass is 9.85. The van der Waals surface area contributed by atoms with Crippen molar-refractivity contribution < 1.29 is 15.0 Å². The van der Waals surface area contributed by atoms with Gasteiger partial charge in [0.25, 0.3) is 0 Å². The molecule has 13 heavy (non-hydrogen) atoms. The molecule has 0 aliphatic carbocycles. The maximum atomic E-state index is 10.8. The van der Waals surface area contributed by atoms with Crippen molar-refractivity contribution in [3.8, 4) is 0 Å². The number of rotatable bonds is 2. The molecule has 0 aromatic heterocycles. The van der Waals surface area contributed by atoms with Crippen LogP contribution in [0.2, 0.25) is 0 Å². The Bertz CT molecular complexity index is 205. The van der Waals surface area contributed by atoms with Gasteiger partial charge in [0.15, 0.2) is 0 Å². The molecule has 1 heterocycles. The van der Waals surface area contributed by atoms with Crippen LogP contribution in [0.5, 0.6) is 0 Å². The SMILES string of the molecule is C[C@H]1[C@@H]([C@@H](C)O)[C@H](C)N[C@@H]1C(=O)O. The van der Waals surface area contributed by atoms with Crippen molar-refractivity contribution in [2.75, 3.05) is 0 Å². The number of aliphatic hydroxyl groups excluding tert-OH is 1. The van der Waals surface area contributed by atoms with Crippen LogP contribution in [0.1, 0.15) is 20.8 Å². The van der Waals surface area contributed by atoms with Gasteiger partial charge in [-0.15, -0.1) is 0 Å². The molecule has 1 aliphatic rings. The molecule has 4 heteroatoms. The molecule has 0 amide bonds. The minimum absolute atomic E-state index is 0.0208. The summed E-state index contributed by atoms with van der Waals surface area (Å²) in [6.07, 6.45) is -0.457. The molecule has 0 radical (unpaired) electrons. The van der Waals surface area contributed by atoms with Crippen molar-refractivity contribution in [1.82, 2.24) is 5.32 Å². The van der Waals surface area contributed by atoms with Crippen molar-refractivity contribution in [2.24, 2.45) is 11.8 Å². The Morgan fingerprint density at radius 1 is 1.46 bits per heavy atom. The van der Waals surface area contributed by atoms with Crippen LogP contribution in [-0.2, 0) is 4.79 Å². The Balaban J connectivity index is 2.75. The van der Waals surface area contributed by atoms with E-state index in [9.17, 15) is 9.90 Å². The first-order chi connectivity index (χ1) is 5.95. The minimum atomic E-state index is -0.831. The van der Waals surface area contributed by atoms with E-state index in [4.69, 9.17) is 5.11 Å². The first-order valence-electron chi connectivity index (χ1n) is 4.62. The fourth-order valence-corrected chi connectivity index (χ4v) is 2.38. The molecule has 1 fully saturated rings. The van der Waals surface area contributed by atoms with Crippen LogP contribution < -0.4 is 5.32 Å². The molecule has 5 atom stereocenters. The Morgan fingerprint density at radius 2 is 2.00 bits per heavy atom. The highest BCUT2D eigenvalue weighted by atomic mass is 16.4. The van der Waals surface area contributed by atoms with Crippen molar-refractivity contribution in [3.05, 3.63) is 0 Å². The third-order valence-electron chi connectivity index (χ3n) is 2.98. The second kappa shape index (κ2) is 3.64. The predicted octanol–water partition coefficient (Wildman–Crippen LogP) is 0.0644. The highest BCUT2D eigenvalue weighted by Crippen LogP contribution is 2.29. The van der Waals surface area contributed by atoms with Gasteiger partial charge in [-0.2, -0.15) is 0 Å². The summed E-state index contributed by atoms with van der Waals surface area (Å²) in [5.74, 6) is -0.823. The average molecular weight is 187 g/mol. The molecule has 4 nitrogen and oxygen atoms in total. The van der Waals surface area contributed by atoms with Crippen LogP contribution in [-0.4, -0.2) is 34.4 Å². The quantitative estimate of drug-likeness (QED) is 0.572. The fourth-order valence-electron chi connectivity index (χ4n) is 2.38. The van der Waals surface area contributed by atoms with E-state index < -0.39 is 18.1 Å².